The van der Waals surface area contributed by atoms with Gasteiger partial charge in [0.1, 0.15) is 18.5 Å². The minimum absolute atomic E-state index is 0.0237. The molecule has 3 aliphatic rings. The van der Waals surface area contributed by atoms with E-state index in [0.29, 0.717) is 76.2 Å². The van der Waals surface area contributed by atoms with Crippen molar-refractivity contribution in [2.45, 2.75) is 83.1 Å². The van der Waals surface area contributed by atoms with Gasteiger partial charge in [0, 0.05) is 43.7 Å². The fourth-order valence-electron chi connectivity index (χ4n) is 6.84. The average molecular weight is 713 g/mol. The minimum atomic E-state index is -1.14. The summed E-state index contributed by atoms with van der Waals surface area (Å²) in [5.41, 5.74) is 0.777. The maximum atomic E-state index is 14.0. The molecule has 2 amide bonds. The van der Waals surface area contributed by atoms with Crippen LogP contribution in [0.5, 0.6) is 11.5 Å². The highest BCUT2D eigenvalue weighted by molar-refractivity contribution is 14.1. The van der Waals surface area contributed by atoms with E-state index < -0.39 is 18.2 Å². The number of methoxy groups -OCH3 is 1. The Hall–Kier alpha value is -2.22. The summed E-state index contributed by atoms with van der Waals surface area (Å²) in [6, 6.07) is 2.49. The zero-order chi connectivity index (χ0) is 31.1. The van der Waals surface area contributed by atoms with Gasteiger partial charge < -0.3 is 34.6 Å². The number of aldehydes is 1. The molecule has 0 aliphatic heterocycles. The van der Waals surface area contributed by atoms with Gasteiger partial charge in [-0.3, -0.25) is 14.4 Å². The zero-order valence-corrected chi connectivity index (χ0v) is 27.5. The summed E-state index contributed by atoms with van der Waals surface area (Å²) in [6.45, 7) is 4.63. The van der Waals surface area contributed by atoms with E-state index in [-0.39, 0.29) is 37.5 Å². The standard InChI is InChI=1S/C32H45IN2O8/c1-19(2)42-10-4-8-35(29(38)17-23-12-20-5-6-22(23)11-20)26-15-24(32(40)34-7-9-36)16-27(30(26)39)43-31-25(33)13-21(18-37)14-28(31)41-3/h13-14,16,18-20,22-23,26-27,30,36,39H,4-12,15,17H2,1-3H3,(H,34,40). The Kier molecular flexibility index (Phi) is 12.3. The quantitative estimate of drug-likeness (QED) is 0.143. The Morgan fingerprint density at radius 2 is 2.02 bits per heavy atom. The fraction of sp³-hybridized carbons (Fsp3) is 0.656. The van der Waals surface area contributed by atoms with Gasteiger partial charge in [-0.05, 0) is 98.1 Å². The first-order valence-electron chi connectivity index (χ1n) is 15.3. The lowest BCUT2D eigenvalue weighted by Crippen LogP contribution is -2.55. The zero-order valence-electron chi connectivity index (χ0n) is 25.3. The highest BCUT2D eigenvalue weighted by atomic mass is 127. The summed E-state index contributed by atoms with van der Waals surface area (Å²) in [6.07, 6.45) is 6.08. The van der Waals surface area contributed by atoms with Crippen LogP contribution in [0.25, 0.3) is 0 Å². The van der Waals surface area contributed by atoms with E-state index in [9.17, 15) is 24.6 Å². The third-order valence-corrected chi connectivity index (χ3v) is 9.69. The van der Waals surface area contributed by atoms with Crippen LogP contribution in [0, 0.1) is 21.3 Å². The topological polar surface area (TPSA) is 135 Å². The predicted molar refractivity (Wildman–Crippen MR) is 169 cm³/mol. The number of aliphatic hydroxyl groups is 2. The molecule has 1 aromatic rings. The number of nitrogens with zero attached hydrogens (tertiary/aromatic N) is 1. The number of hydrogen-bond acceptors (Lipinski definition) is 8. The van der Waals surface area contributed by atoms with Crippen molar-refractivity contribution in [1.29, 1.82) is 0 Å². The molecule has 3 N–H and O–H groups in total. The highest BCUT2D eigenvalue weighted by Crippen LogP contribution is 2.50. The van der Waals surface area contributed by atoms with E-state index in [1.807, 2.05) is 36.4 Å². The van der Waals surface area contributed by atoms with Crippen molar-refractivity contribution < 1.29 is 38.8 Å². The molecule has 43 heavy (non-hydrogen) atoms. The Morgan fingerprint density at radius 1 is 1.23 bits per heavy atom. The molecule has 0 saturated heterocycles. The summed E-state index contributed by atoms with van der Waals surface area (Å²) >= 11 is 2.04. The van der Waals surface area contributed by atoms with Crippen molar-refractivity contribution in [2.24, 2.45) is 17.8 Å². The van der Waals surface area contributed by atoms with Crippen LogP contribution in [-0.4, -0.2) is 91.0 Å². The number of halogens is 1. The van der Waals surface area contributed by atoms with Crippen LogP contribution in [0.1, 0.15) is 69.2 Å². The number of nitrogens with one attached hydrogen (secondary N) is 1. The van der Waals surface area contributed by atoms with E-state index >= 15 is 0 Å². The second kappa shape index (κ2) is 15.7. The lowest BCUT2D eigenvalue weighted by molar-refractivity contribution is -0.140. The molecule has 11 heteroatoms. The summed E-state index contributed by atoms with van der Waals surface area (Å²) in [7, 11) is 1.46. The molecule has 238 valence electrons. The molecule has 3 aliphatic carbocycles. The van der Waals surface area contributed by atoms with Gasteiger partial charge in [-0.15, -0.1) is 0 Å². The molecule has 0 heterocycles. The number of benzene rings is 1. The SMILES string of the molecule is COc1cc(C=O)cc(I)c1OC1C=C(C(=O)NCCO)CC(N(CCCOC(C)C)C(=O)CC2CC3CCC2C3)C1O. The molecular formula is C32H45IN2O8. The summed E-state index contributed by atoms with van der Waals surface area (Å²) < 4.78 is 18.2. The molecule has 10 nitrogen and oxygen atoms in total. The Morgan fingerprint density at radius 3 is 2.65 bits per heavy atom. The molecule has 2 fully saturated rings. The molecule has 2 saturated carbocycles. The second-order valence-corrected chi connectivity index (χ2v) is 13.3. The van der Waals surface area contributed by atoms with E-state index in [4.69, 9.17) is 14.2 Å². The van der Waals surface area contributed by atoms with Crippen LogP contribution in [0.15, 0.2) is 23.8 Å². The second-order valence-electron chi connectivity index (χ2n) is 12.2. The van der Waals surface area contributed by atoms with Crippen molar-refractivity contribution in [3.8, 4) is 11.5 Å². The van der Waals surface area contributed by atoms with E-state index in [1.54, 1.807) is 23.1 Å². The Balaban J connectivity index is 1.63. The number of hydrogen-bond donors (Lipinski definition) is 3. The third kappa shape index (κ3) is 8.49. The minimum Gasteiger partial charge on any atom is -0.493 e. The van der Waals surface area contributed by atoms with Crippen LogP contribution in [0.4, 0.5) is 0 Å². The van der Waals surface area contributed by atoms with Crippen LogP contribution < -0.4 is 14.8 Å². The maximum absolute atomic E-state index is 14.0. The number of amides is 2. The number of carbonyl (C=O) groups excluding carboxylic acids is 3. The Bertz CT molecular complexity index is 1170. The third-order valence-electron chi connectivity index (χ3n) is 8.89. The number of rotatable bonds is 15. The molecule has 0 radical (unpaired) electrons. The van der Waals surface area contributed by atoms with E-state index in [0.717, 1.165) is 6.42 Å². The van der Waals surface area contributed by atoms with E-state index in [2.05, 4.69) is 5.32 Å². The van der Waals surface area contributed by atoms with E-state index in [1.165, 1.54) is 26.4 Å². The molecule has 6 atom stereocenters. The molecule has 0 spiro atoms. The van der Waals surface area contributed by atoms with Gasteiger partial charge >= 0.3 is 0 Å². The number of aliphatic hydroxyl groups excluding tert-OH is 2. The normalized spacial score (nSPS) is 26.3. The van der Waals surface area contributed by atoms with Crippen LogP contribution in [0.2, 0.25) is 0 Å². The number of ether oxygens (including phenoxy) is 3. The largest absolute Gasteiger partial charge is 0.493 e. The first kappa shape index (κ1) is 33.7. The number of fused-ring (bicyclic) bond motifs is 2. The van der Waals surface area contributed by atoms with Gasteiger partial charge in [-0.1, -0.05) is 6.42 Å². The highest BCUT2D eigenvalue weighted by Gasteiger charge is 2.44. The average Bonchev–Trinajstić information content (AvgIpc) is 3.61. The molecule has 0 aromatic heterocycles. The molecule has 2 bridgehead atoms. The molecule has 6 unspecified atom stereocenters. The van der Waals surface area contributed by atoms with Crippen LogP contribution >= 0.6 is 22.6 Å². The van der Waals surface area contributed by atoms with Gasteiger partial charge in [-0.2, -0.15) is 0 Å². The predicted octanol–water partition coefficient (Wildman–Crippen LogP) is 3.50. The van der Waals surface area contributed by atoms with Crippen LogP contribution in [0.3, 0.4) is 0 Å². The number of carbonyl (C=O) groups is 3. The molecule has 1 aromatic carbocycles. The molecule has 4 rings (SSSR count). The Labute approximate surface area is 267 Å². The van der Waals surface area contributed by atoms with Crippen LogP contribution in [-0.2, 0) is 14.3 Å². The van der Waals surface area contributed by atoms with Gasteiger partial charge in [-0.25, -0.2) is 0 Å². The fourth-order valence-corrected chi connectivity index (χ4v) is 7.59. The smallest absolute Gasteiger partial charge is 0.247 e. The first-order valence-corrected chi connectivity index (χ1v) is 16.4. The van der Waals surface area contributed by atoms with Gasteiger partial charge in [0.05, 0.1) is 29.4 Å². The first-order chi connectivity index (χ1) is 20.6. The van der Waals surface area contributed by atoms with Crippen molar-refractivity contribution in [3.63, 3.8) is 0 Å². The van der Waals surface area contributed by atoms with Crippen molar-refractivity contribution in [3.05, 3.63) is 32.9 Å². The maximum Gasteiger partial charge on any atom is 0.247 e. The van der Waals surface area contributed by atoms with Crippen molar-refractivity contribution in [1.82, 2.24) is 10.2 Å². The summed E-state index contributed by atoms with van der Waals surface area (Å²) in [4.78, 5) is 40.3. The van der Waals surface area contributed by atoms with Crippen molar-refractivity contribution >= 4 is 40.7 Å². The lowest BCUT2D eigenvalue weighted by atomic mass is 9.84. The lowest BCUT2D eigenvalue weighted by Gasteiger charge is -2.41. The van der Waals surface area contributed by atoms with Gasteiger partial charge in [0.15, 0.2) is 11.5 Å². The monoisotopic (exact) mass is 712 g/mol. The van der Waals surface area contributed by atoms with Gasteiger partial charge in [0.2, 0.25) is 11.8 Å². The van der Waals surface area contributed by atoms with Crippen molar-refractivity contribution in [2.75, 3.05) is 33.4 Å². The summed E-state index contributed by atoms with van der Waals surface area (Å²) in [5.74, 6) is 1.87. The summed E-state index contributed by atoms with van der Waals surface area (Å²) in [5, 5.41) is 23.8. The van der Waals surface area contributed by atoms with Gasteiger partial charge in [0.25, 0.3) is 0 Å². The molecular weight excluding hydrogens is 667 g/mol.